The first kappa shape index (κ1) is 15.3. The van der Waals surface area contributed by atoms with Crippen molar-refractivity contribution < 1.29 is 9.18 Å². The van der Waals surface area contributed by atoms with E-state index >= 15 is 0 Å². The van der Waals surface area contributed by atoms with Crippen LogP contribution in [0.2, 0.25) is 5.02 Å². The number of benzene rings is 2. The number of halogens is 2. The topological polar surface area (TPSA) is 41.1 Å². The van der Waals surface area contributed by atoms with Gasteiger partial charge in [-0.1, -0.05) is 48.0 Å². The predicted molar refractivity (Wildman–Crippen MR) is 81.8 cm³/mol. The molecular formula is C16H16ClFN2O. The van der Waals surface area contributed by atoms with Crippen molar-refractivity contribution >= 4 is 17.6 Å². The average Bonchev–Trinajstić information content (AvgIpc) is 2.48. The van der Waals surface area contributed by atoms with Gasteiger partial charge < -0.3 is 10.6 Å². The smallest absolute Gasteiger partial charge is 0.315 e. The zero-order chi connectivity index (χ0) is 15.1. The van der Waals surface area contributed by atoms with E-state index in [2.05, 4.69) is 10.6 Å². The lowest BCUT2D eigenvalue weighted by Crippen LogP contribution is -2.36. The van der Waals surface area contributed by atoms with Gasteiger partial charge in [0, 0.05) is 18.1 Å². The summed E-state index contributed by atoms with van der Waals surface area (Å²) in [5, 5.41) is 6.02. The van der Waals surface area contributed by atoms with Gasteiger partial charge >= 0.3 is 6.03 Å². The first-order valence-electron chi connectivity index (χ1n) is 6.65. The monoisotopic (exact) mass is 306 g/mol. The summed E-state index contributed by atoms with van der Waals surface area (Å²) in [7, 11) is 0. The standard InChI is InChI=1S/C16H16ClFN2O/c17-14-7-3-1-6-13(14)11-20-16(21)19-10-9-12-5-2-4-8-15(12)18/h1-8H,9-11H2,(H2,19,20,21). The summed E-state index contributed by atoms with van der Waals surface area (Å²) in [5.41, 5.74) is 1.44. The molecule has 0 radical (unpaired) electrons. The first-order chi connectivity index (χ1) is 10.2. The molecule has 0 unspecified atom stereocenters. The fraction of sp³-hybridized carbons (Fsp3) is 0.188. The third-order valence-electron chi connectivity index (χ3n) is 3.03. The highest BCUT2D eigenvalue weighted by molar-refractivity contribution is 6.31. The molecule has 21 heavy (non-hydrogen) atoms. The van der Waals surface area contributed by atoms with Gasteiger partial charge in [0.1, 0.15) is 5.82 Å². The van der Waals surface area contributed by atoms with E-state index in [9.17, 15) is 9.18 Å². The molecule has 0 spiro atoms. The van der Waals surface area contributed by atoms with Crippen LogP contribution in [0.15, 0.2) is 48.5 Å². The minimum atomic E-state index is -0.300. The summed E-state index contributed by atoms with van der Waals surface area (Å²) in [6.45, 7) is 0.723. The summed E-state index contributed by atoms with van der Waals surface area (Å²) in [5.74, 6) is -0.254. The molecule has 0 aliphatic carbocycles. The Hall–Kier alpha value is -2.07. The largest absolute Gasteiger partial charge is 0.338 e. The van der Waals surface area contributed by atoms with Crippen LogP contribution in [0.1, 0.15) is 11.1 Å². The summed E-state index contributed by atoms with van der Waals surface area (Å²) in [4.78, 5) is 11.6. The van der Waals surface area contributed by atoms with Gasteiger partial charge in [0.2, 0.25) is 0 Å². The number of urea groups is 1. The minimum absolute atomic E-state index is 0.254. The van der Waals surface area contributed by atoms with Crippen LogP contribution >= 0.6 is 11.6 Å². The molecule has 0 aliphatic rings. The van der Waals surface area contributed by atoms with E-state index in [1.165, 1.54) is 6.07 Å². The van der Waals surface area contributed by atoms with Crippen LogP contribution in [-0.4, -0.2) is 12.6 Å². The molecule has 0 fully saturated rings. The third kappa shape index (κ3) is 4.76. The fourth-order valence-corrected chi connectivity index (χ4v) is 2.09. The summed E-state index contributed by atoms with van der Waals surface area (Å²) in [6.07, 6.45) is 0.451. The molecule has 0 bridgehead atoms. The molecule has 2 amide bonds. The molecule has 2 N–H and O–H groups in total. The number of nitrogens with one attached hydrogen (secondary N) is 2. The van der Waals surface area contributed by atoms with Crippen molar-refractivity contribution in [2.75, 3.05) is 6.54 Å². The van der Waals surface area contributed by atoms with E-state index in [-0.39, 0.29) is 11.8 Å². The van der Waals surface area contributed by atoms with Crippen LogP contribution in [0.5, 0.6) is 0 Å². The van der Waals surface area contributed by atoms with Crippen molar-refractivity contribution in [1.82, 2.24) is 10.6 Å². The Balaban J connectivity index is 1.73. The van der Waals surface area contributed by atoms with Crippen LogP contribution in [0.3, 0.4) is 0 Å². The van der Waals surface area contributed by atoms with Gasteiger partial charge in [-0.15, -0.1) is 0 Å². The highest BCUT2D eigenvalue weighted by Crippen LogP contribution is 2.14. The van der Waals surface area contributed by atoms with Crippen molar-refractivity contribution in [3.8, 4) is 0 Å². The second-order valence-corrected chi connectivity index (χ2v) is 4.95. The summed E-state index contributed by atoms with van der Waals surface area (Å²) < 4.78 is 13.4. The molecule has 3 nitrogen and oxygen atoms in total. The predicted octanol–water partition coefficient (Wildman–Crippen LogP) is 3.52. The normalized spacial score (nSPS) is 10.2. The van der Waals surface area contributed by atoms with E-state index in [4.69, 9.17) is 11.6 Å². The molecule has 110 valence electrons. The third-order valence-corrected chi connectivity index (χ3v) is 3.40. The zero-order valence-electron chi connectivity index (χ0n) is 11.4. The van der Waals surface area contributed by atoms with Crippen molar-refractivity contribution in [1.29, 1.82) is 0 Å². The van der Waals surface area contributed by atoms with E-state index in [0.29, 0.717) is 30.1 Å². The molecule has 0 saturated heterocycles. The SMILES string of the molecule is O=C(NCCc1ccccc1F)NCc1ccccc1Cl. The molecule has 2 rings (SSSR count). The van der Waals surface area contributed by atoms with Gasteiger partial charge in [-0.3, -0.25) is 0 Å². The average molecular weight is 307 g/mol. The number of rotatable bonds is 5. The quantitative estimate of drug-likeness (QED) is 0.872. The Kier molecular flexibility index (Phi) is 5.58. The Labute approximate surface area is 128 Å². The second kappa shape index (κ2) is 7.64. The van der Waals surface area contributed by atoms with Crippen LogP contribution < -0.4 is 10.6 Å². The van der Waals surface area contributed by atoms with Gasteiger partial charge in [0.25, 0.3) is 0 Å². The van der Waals surface area contributed by atoms with E-state index < -0.39 is 0 Å². The van der Waals surface area contributed by atoms with Crippen molar-refractivity contribution in [3.05, 3.63) is 70.5 Å². The number of amides is 2. The zero-order valence-corrected chi connectivity index (χ0v) is 12.2. The highest BCUT2D eigenvalue weighted by Gasteiger charge is 2.04. The van der Waals surface area contributed by atoms with Gasteiger partial charge in [0.05, 0.1) is 0 Å². The molecule has 0 aromatic heterocycles. The molecule has 0 saturated carbocycles. The van der Waals surface area contributed by atoms with E-state index in [1.807, 2.05) is 18.2 Å². The molecule has 0 atom stereocenters. The number of hydrogen-bond donors (Lipinski definition) is 2. The van der Waals surface area contributed by atoms with Crippen molar-refractivity contribution in [2.45, 2.75) is 13.0 Å². The van der Waals surface area contributed by atoms with Gasteiger partial charge in [-0.25, -0.2) is 9.18 Å². The lowest BCUT2D eigenvalue weighted by Gasteiger charge is -2.09. The Morgan fingerprint density at radius 3 is 2.38 bits per heavy atom. The molecule has 5 heteroatoms. The maximum Gasteiger partial charge on any atom is 0.315 e. The molecule has 0 aliphatic heterocycles. The lowest BCUT2D eigenvalue weighted by molar-refractivity contribution is 0.240. The lowest BCUT2D eigenvalue weighted by atomic mass is 10.1. The summed E-state index contributed by atoms with van der Waals surface area (Å²) >= 11 is 6.00. The maximum absolute atomic E-state index is 13.4. The second-order valence-electron chi connectivity index (χ2n) is 4.54. The Bertz CT molecular complexity index is 619. The number of carbonyl (C=O) groups excluding carboxylic acids is 1. The van der Waals surface area contributed by atoms with Crippen LogP contribution in [0, 0.1) is 5.82 Å². The minimum Gasteiger partial charge on any atom is -0.338 e. The van der Waals surface area contributed by atoms with Crippen LogP contribution in [-0.2, 0) is 13.0 Å². The Morgan fingerprint density at radius 2 is 1.67 bits per heavy atom. The van der Waals surface area contributed by atoms with Gasteiger partial charge in [-0.05, 0) is 29.7 Å². The van der Waals surface area contributed by atoms with Crippen molar-refractivity contribution in [2.24, 2.45) is 0 Å². The molecule has 2 aromatic carbocycles. The maximum atomic E-state index is 13.4. The van der Waals surface area contributed by atoms with E-state index in [1.54, 1.807) is 24.3 Å². The van der Waals surface area contributed by atoms with Crippen LogP contribution in [0.25, 0.3) is 0 Å². The molecule has 2 aromatic rings. The summed E-state index contributed by atoms with van der Waals surface area (Å²) in [6, 6.07) is 13.5. The molecular weight excluding hydrogens is 291 g/mol. The first-order valence-corrected chi connectivity index (χ1v) is 7.03. The fourth-order valence-electron chi connectivity index (χ4n) is 1.89. The van der Waals surface area contributed by atoms with Gasteiger partial charge in [0.15, 0.2) is 0 Å². The van der Waals surface area contributed by atoms with Gasteiger partial charge in [-0.2, -0.15) is 0 Å². The Morgan fingerprint density at radius 1 is 1.00 bits per heavy atom. The van der Waals surface area contributed by atoms with E-state index in [0.717, 1.165) is 5.56 Å². The number of hydrogen-bond acceptors (Lipinski definition) is 1. The highest BCUT2D eigenvalue weighted by atomic mass is 35.5. The molecule has 0 heterocycles. The van der Waals surface area contributed by atoms with Crippen LogP contribution in [0.4, 0.5) is 9.18 Å². The van der Waals surface area contributed by atoms with Crippen molar-refractivity contribution in [3.63, 3.8) is 0 Å². The number of carbonyl (C=O) groups is 1.